The first-order valence-corrected chi connectivity index (χ1v) is 9.59. The third kappa shape index (κ3) is 6.02. The van der Waals surface area contributed by atoms with Crippen LogP contribution in [0.15, 0.2) is 53.4 Å². The Labute approximate surface area is 161 Å². The number of sulfonamides is 1. The molecular formula is C17H17ClFN3O4S. The van der Waals surface area contributed by atoms with E-state index in [2.05, 4.69) is 5.32 Å². The van der Waals surface area contributed by atoms with Crippen LogP contribution in [0.1, 0.15) is 0 Å². The zero-order valence-electron chi connectivity index (χ0n) is 14.3. The molecule has 0 bridgehead atoms. The second-order valence-corrected chi connectivity index (χ2v) is 7.73. The van der Waals surface area contributed by atoms with Gasteiger partial charge in [-0.05, 0) is 36.4 Å². The molecule has 0 radical (unpaired) electrons. The molecule has 7 nitrogen and oxygen atoms in total. The van der Waals surface area contributed by atoms with E-state index in [-0.39, 0.29) is 6.54 Å². The summed E-state index contributed by atoms with van der Waals surface area (Å²) < 4.78 is 39.7. The number of carbonyl (C=O) groups is 2. The van der Waals surface area contributed by atoms with Crippen molar-refractivity contribution in [2.75, 3.05) is 25.5 Å². The summed E-state index contributed by atoms with van der Waals surface area (Å²) in [7, 11) is -2.84. The maximum atomic E-state index is 13.6. The van der Waals surface area contributed by atoms with Gasteiger partial charge < -0.3 is 10.2 Å². The lowest BCUT2D eigenvalue weighted by molar-refractivity contribution is -0.132. The fourth-order valence-electron chi connectivity index (χ4n) is 2.07. The second kappa shape index (κ2) is 8.94. The average molecular weight is 414 g/mol. The number of hydrogen-bond acceptors (Lipinski definition) is 4. The Kier molecular flexibility index (Phi) is 6.89. The van der Waals surface area contributed by atoms with Gasteiger partial charge in [0.2, 0.25) is 21.8 Å². The van der Waals surface area contributed by atoms with Crippen LogP contribution in [0.2, 0.25) is 5.02 Å². The minimum atomic E-state index is -4.19. The summed E-state index contributed by atoms with van der Waals surface area (Å²) in [4.78, 5) is 24.5. The van der Waals surface area contributed by atoms with Crippen LogP contribution in [0, 0.1) is 5.82 Å². The lowest BCUT2D eigenvalue weighted by Crippen LogP contribution is -2.41. The fraction of sp³-hybridized carbons (Fsp3) is 0.176. The Morgan fingerprint density at radius 1 is 1.11 bits per heavy atom. The van der Waals surface area contributed by atoms with E-state index < -0.39 is 39.1 Å². The molecule has 0 spiro atoms. The van der Waals surface area contributed by atoms with E-state index >= 15 is 0 Å². The van der Waals surface area contributed by atoms with Crippen LogP contribution in [-0.2, 0) is 19.6 Å². The second-order valence-electron chi connectivity index (χ2n) is 5.56. The quantitative estimate of drug-likeness (QED) is 0.724. The standard InChI is InChI=1S/C17H17ClFN3O4S/c1-22(11-16(23)21-13-8-6-12(18)7-9-13)17(24)10-20-27(25,26)15-5-3-2-4-14(15)19/h2-9,20H,10-11H2,1H3,(H,21,23). The Hall–Kier alpha value is -2.49. The summed E-state index contributed by atoms with van der Waals surface area (Å²) in [6.45, 7) is -0.899. The summed E-state index contributed by atoms with van der Waals surface area (Å²) >= 11 is 5.75. The third-order valence-corrected chi connectivity index (χ3v) is 5.16. The van der Waals surface area contributed by atoms with Crippen molar-refractivity contribution in [2.24, 2.45) is 0 Å². The lowest BCUT2D eigenvalue weighted by atomic mass is 10.3. The SMILES string of the molecule is CN(CC(=O)Nc1ccc(Cl)cc1)C(=O)CNS(=O)(=O)c1ccccc1F. The number of nitrogens with zero attached hydrogens (tertiary/aromatic N) is 1. The van der Waals surface area contributed by atoms with Crippen LogP contribution in [0.4, 0.5) is 10.1 Å². The normalized spacial score (nSPS) is 11.1. The molecule has 0 heterocycles. The average Bonchev–Trinajstić information content (AvgIpc) is 2.61. The van der Waals surface area contributed by atoms with Crippen molar-refractivity contribution in [3.8, 4) is 0 Å². The molecule has 0 atom stereocenters. The van der Waals surface area contributed by atoms with Crippen molar-refractivity contribution >= 4 is 39.1 Å². The molecule has 144 valence electrons. The van der Waals surface area contributed by atoms with Gasteiger partial charge in [-0.1, -0.05) is 23.7 Å². The zero-order chi connectivity index (χ0) is 20.0. The van der Waals surface area contributed by atoms with Gasteiger partial charge in [-0.2, -0.15) is 0 Å². The summed E-state index contributed by atoms with van der Waals surface area (Å²) in [6, 6.07) is 11.2. The largest absolute Gasteiger partial charge is 0.335 e. The first-order valence-electron chi connectivity index (χ1n) is 7.72. The molecule has 0 aliphatic carbocycles. The van der Waals surface area contributed by atoms with Gasteiger partial charge in [0.05, 0.1) is 13.1 Å². The molecule has 0 aromatic heterocycles. The molecule has 0 fully saturated rings. The van der Waals surface area contributed by atoms with Gasteiger partial charge in [0.25, 0.3) is 0 Å². The summed E-state index contributed by atoms with van der Waals surface area (Å²) in [6.07, 6.45) is 0. The van der Waals surface area contributed by atoms with Gasteiger partial charge in [-0.3, -0.25) is 9.59 Å². The number of rotatable bonds is 7. The molecule has 0 aliphatic rings. The molecule has 2 amide bonds. The topological polar surface area (TPSA) is 95.6 Å². The molecular weight excluding hydrogens is 397 g/mol. The molecule has 2 rings (SSSR count). The number of halogens is 2. The number of amides is 2. The van der Waals surface area contributed by atoms with Crippen molar-refractivity contribution in [3.63, 3.8) is 0 Å². The Bertz CT molecular complexity index is 935. The van der Waals surface area contributed by atoms with E-state index in [0.29, 0.717) is 10.7 Å². The smallest absolute Gasteiger partial charge is 0.243 e. The van der Waals surface area contributed by atoms with Crippen molar-refractivity contribution < 1.29 is 22.4 Å². The van der Waals surface area contributed by atoms with Crippen LogP contribution in [0.3, 0.4) is 0 Å². The van der Waals surface area contributed by atoms with Crippen LogP contribution < -0.4 is 10.0 Å². The first-order chi connectivity index (χ1) is 12.7. The van der Waals surface area contributed by atoms with Gasteiger partial charge in [0.15, 0.2) is 0 Å². The molecule has 0 saturated heterocycles. The van der Waals surface area contributed by atoms with Gasteiger partial charge in [0, 0.05) is 17.8 Å². The Morgan fingerprint density at radius 2 is 1.74 bits per heavy atom. The Morgan fingerprint density at radius 3 is 2.37 bits per heavy atom. The van der Waals surface area contributed by atoms with Crippen LogP contribution in [-0.4, -0.2) is 45.3 Å². The monoisotopic (exact) mass is 413 g/mol. The van der Waals surface area contributed by atoms with E-state index in [9.17, 15) is 22.4 Å². The van der Waals surface area contributed by atoms with E-state index in [1.165, 1.54) is 19.2 Å². The van der Waals surface area contributed by atoms with Crippen molar-refractivity contribution in [1.82, 2.24) is 9.62 Å². The van der Waals surface area contributed by atoms with E-state index in [4.69, 9.17) is 11.6 Å². The predicted octanol–water partition coefficient (Wildman–Crippen LogP) is 1.85. The minimum absolute atomic E-state index is 0.289. The van der Waals surface area contributed by atoms with Crippen molar-refractivity contribution in [1.29, 1.82) is 0 Å². The van der Waals surface area contributed by atoms with Gasteiger partial charge >= 0.3 is 0 Å². The number of nitrogens with one attached hydrogen (secondary N) is 2. The van der Waals surface area contributed by atoms with E-state index in [1.807, 2.05) is 4.72 Å². The highest BCUT2D eigenvalue weighted by atomic mass is 35.5. The number of hydrogen-bond donors (Lipinski definition) is 2. The minimum Gasteiger partial charge on any atom is -0.335 e. The van der Waals surface area contributed by atoms with Crippen molar-refractivity contribution in [2.45, 2.75) is 4.90 Å². The zero-order valence-corrected chi connectivity index (χ0v) is 15.8. The third-order valence-electron chi connectivity index (χ3n) is 3.47. The molecule has 2 aromatic carbocycles. The molecule has 10 heteroatoms. The molecule has 27 heavy (non-hydrogen) atoms. The number of carbonyl (C=O) groups excluding carboxylic acids is 2. The maximum Gasteiger partial charge on any atom is 0.243 e. The maximum absolute atomic E-state index is 13.6. The van der Waals surface area contributed by atoms with Crippen LogP contribution in [0.25, 0.3) is 0 Å². The first kappa shape index (κ1) is 20.8. The number of benzene rings is 2. The van der Waals surface area contributed by atoms with Gasteiger partial charge in [-0.25, -0.2) is 17.5 Å². The summed E-state index contributed by atoms with van der Waals surface area (Å²) in [5.74, 6) is -2.04. The molecule has 0 unspecified atom stereocenters. The van der Waals surface area contributed by atoms with E-state index in [0.717, 1.165) is 17.0 Å². The van der Waals surface area contributed by atoms with Crippen molar-refractivity contribution in [3.05, 3.63) is 59.4 Å². The Balaban J connectivity index is 1.89. The highest BCUT2D eigenvalue weighted by Gasteiger charge is 2.21. The molecule has 0 saturated carbocycles. The predicted molar refractivity (Wildman–Crippen MR) is 99.3 cm³/mol. The van der Waals surface area contributed by atoms with E-state index in [1.54, 1.807) is 24.3 Å². The highest BCUT2D eigenvalue weighted by molar-refractivity contribution is 7.89. The summed E-state index contributed by atoms with van der Waals surface area (Å²) in [5, 5.41) is 3.10. The van der Waals surface area contributed by atoms with Gasteiger partial charge in [-0.15, -0.1) is 0 Å². The lowest BCUT2D eigenvalue weighted by Gasteiger charge is -2.17. The van der Waals surface area contributed by atoms with Crippen LogP contribution >= 0.6 is 11.6 Å². The fourth-order valence-corrected chi connectivity index (χ4v) is 3.25. The molecule has 2 N–H and O–H groups in total. The van der Waals surface area contributed by atoms with Gasteiger partial charge in [0.1, 0.15) is 10.7 Å². The number of anilines is 1. The highest BCUT2D eigenvalue weighted by Crippen LogP contribution is 2.14. The summed E-state index contributed by atoms with van der Waals surface area (Å²) in [5.41, 5.74) is 0.505. The van der Waals surface area contributed by atoms with Crippen LogP contribution in [0.5, 0.6) is 0 Å². The molecule has 0 aliphatic heterocycles. The number of likely N-dealkylation sites (N-methyl/N-ethyl adjacent to an activating group) is 1. The molecule has 2 aromatic rings.